The SMILES string of the molecule is COC(=O)c1ccc(N2CCN(c3c(F)c(F)nc(F)c3F)C(C)C2)cc1. The first-order chi connectivity index (χ1) is 12.8. The van der Waals surface area contributed by atoms with E-state index in [-0.39, 0.29) is 6.54 Å². The molecule has 1 unspecified atom stereocenters. The maximum absolute atomic E-state index is 14.0. The molecule has 1 saturated heterocycles. The van der Waals surface area contributed by atoms with Crippen molar-refractivity contribution in [2.45, 2.75) is 13.0 Å². The number of hydrogen-bond donors (Lipinski definition) is 0. The van der Waals surface area contributed by atoms with E-state index >= 15 is 0 Å². The summed E-state index contributed by atoms with van der Waals surface area (Å²) in [6, 6.07) is 6.28. The Bertz CT molecular complexity index is 834. The van der Waals surface area contributed by atoms with E-state index in [0.29, 0.717) is 18.7 Å². The van der Waals surface area contributed by atoms with Crippen molar-refractivity contribution in [1.82, 2.24) is 4.98 Å². The molecule has 1 atom stereocenters. The molecule has 0 spiro atoms. The molecule has 2 aromatic rings. The Kier molecular flexibility index (Phi) is 5.20. The smallest absolute Gasteiger partial charge is 0.337 e. The number of piperazine rings is 1. The number of aromatic nitrogens is 1. The van der Waals surface area contributed by atoms with Gasteiger partial charge in [0.25, 0.3) is 11.9 Å². The predicted molar refractivity (Wildman–Crippen MR) is 90.9 cm³/mol. The Morgan fingerprint density at radius 1 is 1.07 bits per heavy atom. The van der Waals surface area contributed by atoms with Gasteiger partial charge in [0.1, 0.15) is 5.69 Å². The first kappa shape index (κ1) is 18.9. The second kappa shape index (κ2) is 7.42. The molecule has 27 heavy (non-hydrogen) atoms. The van der Waals surface area contributed by atoms with E-state index in [1.165, 1.54) is 12.0 Å². The molecule has 2 heterocycles. The molecule has 0 radical (unpaired) electrons. The summed E-state index contributed by atoms with van der Waals surface area (Å²) in [6.07, 6.45) is 0. The van der Waals surface area contributed by atoms with Gasteiger partial charge in [-0.05, 0) is 31.2 Å². The first-order valence-corrected chi connectivity index (χ1v) is 8.23. The van der Waals surface area contributed by atoms with Crippen LogP contribution in [-0.2, 0) is 4.74 Å². The van der Waals surface area contributed by atoms with Crippen LogP contribution in [0.4, 0.5) is 28.9 Å². The number of benzene rings is 1. The van der Waals surface area contributed by atoms with Gasteiger partial charge in [-0.1, -0.05) is 0 Å². The second-order valence-corrected chi connectivity index (χ2v) is 6.20. The van der Waals surface area contributed by atoms with Gasteiger partial charge in [0, 0.05) is 31.4 Å². The lowest BCUT2D eigenvalue weighted by Crippen LogP contribution is -2.53. The monoisotopic (exact) mass is 383 g/mol. The fourth-order valence-corrected chi connectivity index (χ4v) is 3.18. The minimum absolute atomic E-state index is 0.149. The van der Waals surface area contributed by atoms with Crippen molar-refractivity contribution in [2.24, 2.45) is 0 Å². The van der Waals surface area contributed by atoms with Gasteiger partial charge in [0.05, 0.1) is 12.7 Å². The van der Waals surface area contributed by atoms with Crippen LogP contribution in [0.3, 0.4) is 0 Å². The Balaban J connectivity index is 1.80. The molecular formula is C18H17F4N3O2. The second-order valence-electron chi connectivity index (χ2n) is 6.20. The molecule has 0 aliphatic carbocycles. The van der Waals surface area contributed by atoms with Gasteiger partial charge in [-0.15, -0.1) is 0 Å². The molecule has 1 aromatic heterocycles. The number of ether oxygens (including phenoxy) is 1. The molecule has 1 aromatic carbocycles. The number of nitrogens with zero attached hydrogens (tertiary/aromatic N) is 3. The lowest BCUT2D eigenvalue weighted by molar-refractivity contribution is 0.0600. The first-order valence-electron chi connectivity index (χ1n) is 8.23. The minimum atomic E-state index is -1.67. The Hall–Kier alpha value is -2.84. The highest BCUT2D eigenvalue weighted by molar-refractivity contribution is 5.89. The number of carbonyl (C=O) groups is 1. The van der Waals surface area contributed by atoms with Crippen molar-refractivity contribution in [3.8, 4) is 0 Å². The average molecular weight is 383 g/mol. The zero-order chi connectivity index (χ0) is 19.7. The zero-order valence-electron chi connectivity index (χ0n) is 14.7. The highest BCUT2D eigenvalue weighted by Gasteiger charge is 2.31. The number of carbonyl (C=O) groups excluding carboxylic acids is 1. The summed E-state index contributed by atoms with van der Waals surface area (Å²) < 4.78 is 59.5. The minimum Gasteiger partial charge on any atom is -0.465 e. The van der Waals surface area contributed by atoms with E-state index in [4.69, 9.17) is 0 Å². The molecule has 0 bridgehead atoms. The largest absolute Gasteiger partial charge is 0.465 e. The van der Waals surface area contributed by atoms with E-state index in [0.717, 1.165) is 5.69 Å². The molecule has 0 saturated carbocycles. The van der Waals surface area contributed by atoms with Crippen LogP contribution in [0, 0.1) is 23.5 Å². The molecule has 5 nitrogen and oxygen atoms in total. The summed E-state index contributed by atoms with van der Waals surface area (Å²) in [5, 5.41) is 0. The van der Waals surface area contributed by atoms with Crippen LogP contribution in [0.1, 0.15) is 17.3 Å². The third kappa shape index (κ3) is 3.54. The molecule has 144 valence electrons. The third-order valence-corrected chi connectivity index (χ3v) is 4.54. The number of esters is 1. The van der Waals surface area contributed by atoms with Gasteiger partial charge >= 0.3 is 5.97 Å². The molecule has 1 fully saturated rings. The molecular weight excluding hydrogens is 366 g/mol. The van der Waals surface area contributed by atoms with Gasteiger partial charge in [0.2, 0.25) is 11.6 Å². The van der Waals surface area contributed by atoms with Gasteiger partial charge in [-0.3, -0.25) is 0 Å². The van der Waals surface area contributed by atoms with Crippen molar-refractivity contribution in [1.29, 1.82) is 0 Å². The summed E-state index contributed by atoms with van der Waals surface area (Å²) in [4.78, 5) is 17.3. The fourth-order valence-electron chi connectivity index (χ4n) is 3.18. The molecule has 3 rings (SSSR count). The Morgan fingerprint density at radius 3 is 2.19 bits per heavy atom. The lowest BCUT2D eigenvalue weighted by Gasteiger charge is -2.42. The van der Waals surface area contributed by atoms with E-state index in [2.05, 4.69) is 9.72 Å². The van der Waals surface area contributed by atoms with Crippen molar-refractivity contribution in [2.75, 3.05) is 36.5 Å². The van der Waals surface area contributed by atoms with E-state index < -0.39 is 41.2 Å². The van der Waals surface area contributed by atoms with Crippen LogP contribution in [0.25, 0.3) is 0 Å². The van der Waals surface area contributed by atoms with Gasteiger partial charge < -0.3 is 14.5 Å². The number of rotatable bonds is 3. The van der Waals surface area contributed by atoms with Crippen LogP contribution < -0.4 is 9.80 Å². The summed E-state index contributed by atoms with van der Waals surface area (Å²) in [6.45, 7) is 2.58. The highest BCUT2D eigenvalue weighted by atomic mass is 19.2. The quantitative estimate of drug-likeness (QED) is 0.463. The number of pyridine rings is 1. The molecule has 0 amide bonds. The third-order valence-electron chi connectivity index (χ3n) is 4.54. The van der Waals surface area contributed by atoms with Crippen molar-refractivity contribution < 1.29 is 27.1 Å². The average Bonchev–Trinajstić information content (AvgIpc) is 2.67. The summed E-state index contributed by atoms with van der Waals surface area (Å²) in [5.41, 5.74) is 0.468. The number of anilines is 2. The normalized spacial score (nSPS) is 17.2. The maximum Gasteiger partial charge on any atom is 0.337 e. The van der Waals surface area contributed by atoms with E-state index in [1.54, 1.807) is 31.2 Å². The summed E-state index contributed by atoms with van der Waals surface area (Å²) >= 11 is 0. The van der Waals surface area contributed by atoms with Gasteiger partial charge in [-0.25, -0.2) is 4.79 Å². The molecule has 1 aliphatic heterocycles. The van der Waals surface area contributed by atoms with Crippen LogP contribution in [-0.4, -0.2) is 43.7 Å². The molecule has 0 N–H and O–H groups in total. The molecule has 1 aliphatic rings. The van der Waals surface area contributed by atoms with Gasteiger partial charge in [-0.2, -0.15) is 22.5 Å². The number of methoxy groups -OCH3 is 1. The van der Waals surface area contributed by atoms with Crippen molar-refractivity contribution in [3.63, 3.8) is 0 Å². The zero-order valence-corrected chi connectivity index (χ0v) is 14.7. The van der Waals surface area contributed by atoms with Crippen LogP contribution in [0.2, 0.25) is 0 Å². The van der Waals surface area contributed by atoms with Gasteiger partial charge in [0.15, 0.2) is 0 Å². The number of halogens is 4. The van der Waals surface area contributed by atoms with Crippen LogP contribution >= 0.6 is 0 Å². The standard InChI is InChI=1S/C18H17F4N3O2/c1-10-9-24(12-5-3-11(4-6-12)18(26)27-2)7-8-25(10)15-13(19)16(21)23-17(22)14(15)20/h3-6,10H,7-9H2,1-2H3. The highest BCUT2D eigenvalue weighted by Crippen LogP contribution is 2.30. The van der Waals surface area contributed by atoms with E-state index in [9.17, 15) is 22.4 Å². The summed E-state index contributed by atoms with van der Waals surface area (Å²) in [7, 11) is 1.29. The van der Waals surface area contributed by atoms with E-state index in [1.807, 2.05) is 4.90 Å². The topological polar surface area (TPSA) is 45.7 Å². The Morgan fingerprint density at radius 2 is 1.67 bits per heavy atom. The summed E-state index contributed by atoms with van der Waals surface area (Å²) in [5.74, 6) is -6.80. The van der Waals surface area contributed by atoms with Crippen LogP contribution in [0.5, 0.6) is 0 Å². The lowest BCUT2D eigenvalue weighted by atomic mass is 10.1. The van der Waals surface area contributed by atoms with Crippen LogP contribution in [0.15, 0.2) is 24.3 Å². The number of hydrogen-bond acceptors (Lipinski definition) is 5. The fraction of sp³-hybridized carbons (Fsp3) is 0.333. The van der Waals surface area contributed by atoms with Crippen molar-refractivity contribution >= 4 is 17.3 Å². The predicted octanol–water partition coefficient (Wildman–Crippen LogP) is 3.14. The van der Waals surface area contributed by atoms with Crippen molar-refractivity contribution in [3.05, 3.63) is 53.4 Å². The molecule has 9 heteroatoms. The maximum atomic E-state index is 14.0. The Labute approximate surface area is 153 Å².